The highest BCUT2D eigenvalue weighted by Gasteiger charge is 2.11. The van der Waals surface area contributed by atoms with E-state index in [1.54, 1.807) is 0 Å². The fourth-order valence-corrected chi connectivity index (χ4v) is 1.46. The molecule has 2 radical (unpaired) electrons. The molecule has 0 aromatic rings. The van der Waals surface area contributed by atoms with Gasteiger partial charge in [-0.15, -0.1) is 0 Å². The Balaban J connectivity index is 2.23. The lowest BCUT2D eigenvalue weighted by atomic mass is 9.96. The predicted octanol–water partition coefficient (Wildman–Crippen LogP) is 2.01. The van der Waals surface area contributed by atoms with Crippen LogP contribution in [0.1, 0.15) is 25.7 Å². The molecule has 0 aromatic carbocycles. The second-order valence-electron chi connectivity index (χ2n) is 2.75. The van der Waals surface area contributed by atoms with Gasteiger partial charge in [-0.2, -0.15) is 0 Å². The van der Waals surface area contributed by atoms with Gasteiger partial charge in [-0.1, -0.05) is 12.2 Å². The van der Waals surface area contributed by atoms with Crippen LogP contribution in [0.15, 0.2) is 23.4 Å². The number of hydrogen-bond donors (Lipinski definition) is 1. The van der Waals surface area contributed by atoms with Crippen molar-refractivity contribution in [1.29, 1.82) is 0 Å². The molecule has 0 atom stereocenters. The minimum Gasteiger partial charge on any atom is -0.378 e. The minimum atomic E-state index is 1.06. The molecule has 52 valence electrons. The van der Waals surface area contributed by atoms with Crippen molar-refractivity contribution in [3.05, 3.63) is 30.0 Å². The molecular weight excluding hydrogens is 122 g/mol. The summed E-state index contributed by atoms with van der Waals surface area (Å²) in [6.07, 6.45) is 9.10. The van der Waals surface area contributed by atoms with Gasteiger partial charge in [0.1, 0.15) is 0 Å². The lowest BCUT2D eigenvalue weighted by molar-refractivity contribution is 0.704. The number of hydrogen-bond acceptors (Lipinski definition) is 1. The average molecular weight is 133 g/mol. The zero-order valence-electron chi connectivity index (χ0n) is 5.98. The Morgan fingerprint density at radius 1 is 1.40 bits per heavy atom. The van der Waals surface area contributed by atoms with Gasteiger partial charge in [-0.05, 0) is 31.3 Å². The molecule has 2 rings (SSSR count). The molecule has 0 saturated heterocycles. The third-order valence-corrected chi connectivity index (χ3v) is 2.03. The summed E-state index contributed by atoms with van der Waals surface area (Å²) < 4.78 is 0. The van der Waals surface area contributed by atoms with Crippen molar-refractivity contribution in [2.24, 2.45) is 0 Å². The first-order valence-corrected chi connectivity index (χ1v) is 3.84. The Labute approximate surface area is 61.8 Å². The lowest BCUT2D eigenvalue weighted by Gasteiger charge is -2.21. The number of nitrogens with one attached hydrogen (secondary N) is 1. The van der Waals surface area contributed by atoms with Crippen molar-refractivity contribution in [2.75, 3.05) is 0 Å². The molecule has 0 amide bonds. The highest BCUT2D eigenvalue weighted by Crippen LogP contribution is 2.24. The van der Waals surface area contributed by atoms with E-state index >= 15 is 0 Å². The second-order valence-corrected chi connectivity index (χ2v) is 2.75. The molecule has 1 heteroatoms. The van der Waals surface area contributed by atoms with Crippen molar-refractivity contribution in [3.8, 4) is 0 Å². The van der Waals surface area contributed by atoms with Crippen LogP contribution in [0.3, 0.4) is 0 Å². The highest BCUT2D eigenvalue weighted by atomic mass is 14.9. The normalized spacial score (nSPS) is 24.0. The van der Waals surface area contributed by atoms with Gasteiger partial charge in [0, 0.05) is 5.70 Å². The van der Waals surface area contributed by atoms with E-state index in [4.69, 9.17) is 0 Å². The number of allylic oxidation sites excluding steroid dienone is 4. The van der Waals surface area contributed by atoms with E-state index in [2.05, 4.69) is 24.0 Å². The molecule has 1 nitrogen and oxygen atoms in total. The Kier molecular flexibility index (Phi) is 1.50. The monoisotopic (exact) mass is 133 g/mol. The molecule has 0 fully saturated rings. The Morgan fingerprint density at radius 3 is 3.30 bits per heavy atom. The third kappa shape index (κ3) is 0.962. The molecule has 10 heavy (non-hydrogen) atoms. The van der Waals surface area contributed by atoms with E-state index in [0.717, 1.165) is 6.42 Å². The van der Waals surface area contributed by atoms with Crippen molar-refractivity contribution >= 4 is 0 Å². The minimum absolute atomic E-state index is 1.06. The molecule has 2 aliphatic rings. The summed E-state index contributed by atoms with van der Waals surface area (Å²) in [5, 5.41) is 3.20. The summed E-state index contributed by atoms with van der Waals surface area (Å²) in [7, 11) is 0. The van der Waals surface area contributed by atoms with Crippen molar-refractivity contribution in [3.63, 3.8) is 0 Å². The van der Waals surface area contributed by atoms with Gasteiger partial charge in [0.15, 0.2) is 0 Å². The van der Waals surface area contributed by atoms with Crippen LogP contribution in [0.5, 0.6) is 0 Å². The molecular formula is C9H11N. The topological polar surface area (TPSA) is 12.0 Å². The van der Waals surface area contributed by atoms with Gasteiger partial charge in [0.05, 0.1) is 6.54 Å². The average Bonchev–Trinajstić information content (AvgIpc) is 2.05. The molecule has 1 N–H and O–H groups in total. The number of rotatable bonds is 0. The molecule has 1 aliphatic carbocycles. The van der Waals surface area contributed by atoms with Gasteiger partial charge in [-0.3, -0.25) is 0 Å². The summed E-state index contributed by atoms with van der Waals surface area (Å²) in [6, 6.07) is 0. The molecule has 0 aromatic heterocycles. The van der Waals surface area contributed by atoms with Crippen molar-refractivity contribution < 1.29 is 0 Å². The van der Waals surface area contributed by atoms with Crippen LogP contribution >= 0.6 is 0 Å². The summed E-state index contributed by atoms with van der Waals surface area (Å²) in [5.41, 5.74) is 2.89. The zero-order chi connectivity index (χ0) is 6.81. The summed E-state index contributed by atoms with van der Waals surface area (Å²) >= 11 is 0. The van der Waals surface area contributed by atoms with Crippen LogP contribution in [0.25, 0.3) is 0 Å². The Bertz CT molecular complexity index is 189. The van der Waals surface area contributed by atoms with Gasteiger partial charge >= 0.3 is 0 Å². The molecule has 0 unspecified atom stereocenters. The summed E-state index contributed by atoms with van der Waals surface area (Å²) in [6.45, 7) is 3.14. The predicted molar refractivity (Wildman–Crippen MR) is 41.0 cm³/mol. The van der Waals surface area contributed by atoms with Gasteiger partial charge in [-0.25, -0.2) is 0 Å². The lowest BCUT2D eigenvalue weighted by Crippen LogP contribution is -2.17. The SMILES string of the molecule is [C]1CCC2=C(CCC=C2)N1. The molecule has 1 heterocycles. The van der Waals surface area contributed by atoms with E-state index in [1.807, 2.05) is 0 Å². The first-order valence-electron chi connectivity index (χ1n) is 3.84. The molecule has 1 aliphatic heterocycles. The molecule has 0 saturated carbocycles. The van der Waals surface area contributed by atoms with Gasteiger partial charge in [0.2, 0.25) is 0 Å². The zero-order valence-corrected chi connectivity index (χ0v) is 5.98. The van der Waals surface area contributed by atoms with Crippen LogP contribution in [-0.2, 0) is 0 Å². The van der Waals surface area contributed by atoms with Crippen LogP contribution in [0.4, 0.5) is 0 Å². The van der Waals surface area contributed by atoms with E-state index in [-0.39, 0.29) is 0 Å². The van der Waals surface area contributed by atoms with E-state index < -0.39 is 0 Å². The van der Waals surface area contributed by atoms with Crippen LogP contribution in [0.2, 0.25) is 0 Å². The van der Waals surface area contributed by atoms with E-state index in [0.29, 0.717) is 0 Å². The van der Waals surface area contributed by atoms with Crippen molar-refractivity contribution in [1.82, 2.24) is 5.32 Å². The van der Waals surface area contributed by atoms with Crippen LogP contribution in [-0.4, -0.2) is 0 Å². The maximum Gasteiger partial charge on any atom is 0.0881 e. The van der Waals surface area contributed by atoms with E-state index in [1.165, 1.54) is 30.5 Å². The van der Waals surface area contributed by atoms with Crippen LogP contribution < -0.4 is 5.32 Å². The summed E-state index contributed by atoms with van der Waals surface area (Å²) in [5.74, 6) is 0. The van der Waals surface area contributed by atoms with Gasteiger partial charge < -0.3 is 5.32 Å². The standard InChI is InChI=1S/C9H11N/c1-2-6-9-8(4-1)5-3-7-10-9/h1,4,10H,2-3,5-6H2. The Morgan fingerprint density at radius 2 is 2.40 bits per heavy atom. The fourth-order valence-electron chi connectivity index (χ4n) is 1.46. The van der Waals surface area contributed by atoms with Crippen LogP contribution in [0, 0.1) is 6.54 Å². The van der Waals surface area contributed by atoms with Crippen molar-refractivity contribution in [2.45, 2.75) is 25.7 Å². The third-order valence-electron chi connectivity index (χ3n) is 2.03. The molecule has 0 bridgehead atoms. The smallest absolute Gasteiger partial charge is 0.0881 e. The molecule has 0 spiro atoms. The van der Waals surface area contributed by atoms with Gasteiger partial charge in [0.25, 0.3) is 0 Å². The first-order chi connectivity index (χ1) is 4.97. The maximum absolute atomic E-state index is 3.20. The van der Waals surface area contributed by atoms with E-state index in [9.17, 15) is 0 Å². The largest absolute Gasteiger partial charge is 0.378 e. The quantitative estimate of drug-likeness (QED) is 0.533. The summed E-state index contributed by atoms with van der Waals surface area (Å²) in [4.78, 5) is 0. The fraction of sp³-hybridized carbons (Fsp3) is 0.444. The Hall–Kier alpha value is -0.720. The maximum atomic E-state index is 3.20. The highest BCUT2D eigenvalue weighted by molar-refractivity contribution is 5.30. The second kappa shape index (κ2) is 2.49. The first kappa shape index (κ1) is 6.02.